The van der Waals surface area contributed by atoms with Crippen LogP contribution in [0.3, 0.4) is 0 Å². The van der Waals surface area contributed by atoms with Crippen molar-refractivity contribution in [1.82, 2.24) is 4.90 Å². The van der Waals surface area contributed by atoms with Crippen LogP contribution in [0.25, 0.3) is 10.8 Å². The summed E-state index contributed by atoms with van der Waals surface area (Å²) < 4.78 is 10.8. The molecule has 1 amide bonds. The van der Waals surface area contributed by atoms with E-state index in [0.29, 0.717) is 12.3 Å². The van der Waals surface area contributed by atoms with Crippen molar-refractivity contribution in [3.05, 3.63) is 71.8 Å². The second kappa shape index (κ2) is 7.91. The molecule has 0 aliphatic heterocycles. The molecule has 0 bridgehead atoms. The van der Waals surface area contributed by atoms with E-state index < -0.39 is 0 Å². The molecule has 0 aliphatic carbocycles. The summed E-state index contributed by atoms with van der Waals surface area (Å²) >= 11 is 0. The third-order valence-corrected chi connectivity index (χ3v) is 4.34. The fourth-order valence-electron chi connectivity index (χ4n) is 2.75. The largest absolute Gasteiger partial charge is 0.497 e. The van der Waals surface area contributed by atoms with Gasteiger partial charge in [-0.05, 0) is 53.6 Å². The van der Waals surface area contributed by atoms with Crippen LogP contribution in [0.4, 0.5) is 0 Å². The molecule has 0 N–H and O–H groups in total. The molecular formula is C22H23NO3. The molecule has 0 fully saturated rings. The van der Waals surface area contributed by atoms with Gasteiger partial charge in [-0.25, -0.2) is 0 Å². The Balaban J connectivity index is 1.61. The number of hydrogen-bond acceptors (Lipinski definition) is 3. The molecule has 26 heavy (non-hydrogen) atoms. The summed E-state index contributed by atoms with van der Waals surface area (Å²) in [4.78, 5) is 14.0. The molecule has 0 spiro atoms. The Bertz CT molecular complexity index is 903. The first-order valence-corrected chi connectivity index (χ1v) is 8.55. The number of likely N-dealkylation sites (N-methyl/N-ethyl adjacent to an activating group) is 1. The number of amides is 1. The zero-order chi connectivity index (χ0) is 18.5. The maximum atomic E-state index is 12.3. The summed E-state index contributed by atoms with van der Waals surface area (Å²) in [5, 5.41) is 2.24. The molecule has 0 atom stereocenters. The number of benzene rings is 3. The van der Waals surface area contributed by atoms with E-state index in [2.05, 4.69) is 6.07 Å². The normalized spacial score (nSPS) is 10.6. The topological polar surface area (TPSA) is 38.8 Å². The predicted octanol–water partition coefficient (Wildman–Crippen LogP) is 4.19. The highest BCUT2D eigenvalue weighted by atomic mass is 16.5. The fraction of sp³-hybridized carbons (Fsp3) is 0.227. The summed E-state index contributed by atoms with van der Waals surface area (Å²) in [5.41, 5.74) is 2.24. The number of carbonyl (C=O) groups excluding carboxylic acids is 1. The maximum absolute atomic E-state index is 12.3. The van der Waals surface area contributed by atoms with Gasteiger partial charge in [0.15, 0.2) is 6.61 Å². The molecule has 3 rings (SSSR count). The highest BCUT2D eigenvalue weighted by molar-refractivity contribution is 5.84. The van der Waals surface area contributed by atoms with E-state index in [1.807, 2.05) is 61.5 Å². The lowest BCUT2D eigenvalue weighted by molar-refractivity contribution is -0.132. The van der Waals surface area contributed by atoms with E-state index in [1.54, 1.807) is 19.1 Å². The third-order valence-electron chi connectivity index (χ3n) is 4.34. The van der Waals surface area contributed by atoms with Crippen molar-refractivity contribution >= 4 is 16.7 Å². The van der Waals surface area contributed by atoms with Crippen LogP contribution in [-0.4, -0.2) is 31.6 Å². The summed E-state index contributed by atoms with van der Waals surface area (Å²) in [5.74, 6) is 1.49. The van der Waals surface area contributed by atoms with Gasteiger partial charge >= 0.3 is 0 Å². The Morgan fingerprint density at radius 1 is 0.923 bits per heavy atom. The van der Waals surface area contributed by atoms with Crippen LogP contribution in [0.1, 0.15) is 11.1 Å². The second-order valence-corrected chi connectivity index (χ2v) is 6.40. The van der Waals surface area contributed by atoms with Crippen molar-refractivity contribution in [2.75, 3.05) is 20.8 Å². The van der Waals surface area contributed by atoms with Crippen molar-refractivity contribution < 1.29 is 14.3 Å². The highest BCUT2D eigenvalue weighted by Gasteiger charge is 2.11. The van der Waals surface area contributed by atoms with Crippen LogP contribution in [0.2, 0.25) is 0 Å². The number of carbonyl (C=O) groups is 1. The van der Waals surface area contributed by atoms with Crippen molar-refractivity contribution in [3.63, 3.8) is 0 Å². The molecule has 4 heteroatoms. The Morgan fingerprint density at radius 2 is 1.58 bits per heavy atom. The van der Waals surface area contributed by atoms with Gasteiger partial charge in [-0.1, -0.05) is 35.9 Å². The maximum Gasteiger partial charge on any atom is 0.260 e. The Morgan fingerprint density at radius 3 is 2.31 bits per heavy atom. The lowest BCUT2D eigenvalue weighted by Gasteiger charge is -2.18. The van der Waals surface area contributed by atoms with E-state index in [1.165, 1.54) is 0 Å². The van der Waals surface area contributed by atoms with E-state index in [-0.39, 0.29) is 12.5 Å². The zero-order valence-electron chi connectivity index (χ0n) is 15.4. The van der Waals surface area contributed by atoms with Gasteiger partial charge in [-0.2, -0.15) is 0 Å². The average molecular weight is 349 g/mol. The van der Waals surface area contributed by atoms with Crippen LogP contribution >= 0.6 is 0 Å². The number of nitrogens with zero attached hydrogens (tertiary/aromatic N) is 1. The summed E-state index contributed by atoms with van der Waals surface area (Å²) in [6.07, 6.45) is 0. The number of hydrogen-bond donors (Lipinski definition) is 0. The van der Waals surface area contributed by atoms with Crippen molar-refractivity contribution in [3.8, 4) is 11.5 Å². The highest BCUT2D eigenvalue weighted by Crippen LogP contribution is 2.22. The SMILES string of the molecule is COc1ccc2cc(CN(C)C(=O)COc3ccc(C)cc3)ccc2c1. The Kier molecular flexibility index (Phi) is 5.42. The summed E-state index contributed by atoms with van der Waals surface area (Å²) in [6.45, 7) is 2.59. The van der Waals surface area contributed by atoms with Gasteiger partial charge in [-0.3, -0.25) is 4.79 Å². The number of rotatable bonds is 6. The van der Waals surface area contributed by atoms with E-state index in [0.717, 1.165) is 27.6 Å². The first-order valence-electron chi connectivity index (χ1n) is 8.55. The van der Waals surface area contributed by atoms with Crippen LogP contribution in [-0.2, 0) is 11.3 Å². The second-order valence-electron chi connectivity index (χ2n) is 6.40. The molecule has 0 heterocycles. The predicted molar refractivity (Wildman–Crippen MR) is 104 cm³/mol. The van der Waals surface area contributed by atoms with Gasteiger partial charge in [0.25, 0.3) is 5.91 Å². The zero-order valence-corrected chi connectivity index (χ0v) is 15.4. The molecule has 3 aromatic carbocycles. The Hall–Kier alpha value is -3.01. The van der Waals surface area contributed by atoms with Crippen LogP contribution in [0, 0.1) is 6.92 Å². The van der Waals surface area contributed by atoms with Crippen molar-refractivity contribution in [1.29, 1.82) is 0 Å². The van der Waals surface area contributed by atoms with Crippen LogP contribution < -0.4 is 9.47 Å². The number of aryl methyl sites for hydroxylation is 1. The standard InChI is InChI=1S/C22H23NO3/c1-16-4-9-20(10-5-16)26-15-22(24)23(2)14-17-6-7-19-13-21(25-3)11-8-18(19)12-17/h4-13H,14-15H2,1-3H3. The minimum Gasteiger partial charge on any atom is -0.497 e. The minimum absolute atomic E-state index is 0.0321. The van der Waals surface area contributed by atoms with E-state index in [9.17, 15) is 4.79 Å². The van der Waals surface area contributed by atoms with Gasteiger partial charge in [0.05, 0.1) is 7.11 Å². The third kappa shape index (κ3) is 4.33. The van der Waals surface area contributed by atoms with Crippen LogP contribution in [0.15, 0.2) is 60.7 Å². The molecule has 134 valence electrons. The lowest BCUT2D eigenvalue weighted by Crippen LogP contribution is -2.30. The van der Waals surface area contributed by atoms with Crippen LogP contribution in [0.5, 0.6) is 11.5 Å². The number of fused-ring (bicyclic) bond motifs is 1. The molecule has 3 aromatic rings. The monoisotopic (exact) mass is 349 g/mol. The van der Waals surface area contributed by atoms with Gasteiger partial charge in [-0.15, -0.1) is 0 Å². The molecule has 0 aliphatic rings. The Labute approximate surface area is 154 Å². The molecular weight excluding hydrogens is 326 g/mol. The van der Waals surface area contributed by atoms with E-state index in [4.69, 9.17) is 9.47 Å². The number of ether oxygens (including phenoxy) is 2. The first-order chi connectivity index (χ1) is 12.5. The number of methoxy groups -OCH3 is 1. The van der Waals surface area contributed by atoms with E-state index >= 15 is 0 Å². The molecule has 0 radical (unpaired) electrons. The van der Waals surface area contributed by atoms with Crippen molar-refractivity contribution in [2.45, 2.75) is 13.5 Å². The van der Waals surface area contributed by atoms with Gasteiger partial charge in [0, 0.05) is 13.6 Å². The van der Waals surface area contributed by atoms with Crippen molar-refractivity contribution in [2.24, 2.45) is 0 Å². The van der Waals surface area contributed by atoms with Gasteiger partial charge < -0.3 is 14.4 Å². The van der Waals surface area contributed by atoms with Gasteiger partial charge in [0.2, 0.25) is 0 Å². The average Bonchev–Trinajstić information content (AvgIpc) is 2.66. The minimum atomic E-state index is -0.0552. The molecule has 0 unspecified atom stereocenters. The molecule has 4 nitrogen and oxygen atoms in total. The quantitative estimate of drug-likeness (QED) is 0.670. The summed E-state index contributed by atoms with van der Waals surface area (Å²) in [7, 11) is 3.45. The smallest absolute Gasteiger partial charge is 0.260 e. The lowest BCUT2D eigenvalue weighted by atomic mass is 10.1. The molecule has 0 aromatic heterocycles. The van der Waals surface area contributed by atoms with Gasteiger partial charge in [0.1, 0.15) is 11.5 Å². The molecule has 0 saturated heterocycles. The first kappa shape index (κ1) is 17.8. The molecule has 0 saturated carbocycles. The summed E-state index contributed by atoms with van der Waals surface area (Å²) in [6, 6.07) is 19.8. The fourth-order valence-corrected chi connectivity index (χ4v) is 2.75.